The van der Waals surface area contributed by atoms with Crippen LogP contribution in [0.4, 0.5) is 5.69 Å². The molecule has 1 aliphatic heterocycles. The third-order valence-corrected chi connectivity index (χ3v) is 2.76. The van der Waals surface area contributed by atoms with Crippen molar-refractivity contribution in [3.63, 3.8) is 0 Å². The minimum atomic E-state index is -0.375. The summed E-state index contributed by atoms with van der Waals surface area (Å²) in [5.41, 5.74) is 0.808. The first kappa shape index (κ1) is 9.90. The molecule has 0 N–H and O–H groups in total. The number of carbonyl (C=O) groups excluding carboxylic acids is 2. The number of benzene rings is 1. The molecule has 1 aromatic rings. The molecule has 1 saturated heterocycles. The second kappa shape index (κ2) is 3.85. The topological polar surface area (TPSA) is 37.4 Å². The Morgan fingerprint density at radius 3 is 2.53 bits per heavy atom. The second-order valence-electron chi connectivity index (χ2n) is 3.85. The number of para-hydroxylation sites is 1. The summed E-state index contributed by atoms with van der Waals surface area (Å²) in [4.78, 5) is 24.8. The molecule has 1 heterocycles. The number of nitrogens with zero attached hydrogens (tertiary/aromatic N) is 1. The van der Waals surface area contributed by atoms with Crippen LogP contribution in [0.15, 0.2) is 30.3 Å². The van der Waals surface area contributed by atoms with Gasteiger partial charge in [-0.15, -0.1) is 0 Å². The maximum atomic E-state index is 11.7. The van der Waals surface area contributed by atoms with Gasteiger partial charge in [0.05, 0.1) is 0 Å². The number of rotatable bonds is 1. The van der Waals surface area contributed by atoms with Crippen molar-refractivity contribution in [2.75, 3.05) is 11.4 Å². The lowest BCUT2D eigenvalue weighted by Crippen LogP contribution is -2.45. The maximum Gasteiger partial charge on any atom is 0.294 e. The molecule has 1 atom stereocenters. The molecule has 3 nitrogen and oxygen atoms in total. The molecule has 0 aliphatic carbocycles. The van der Waals surface area contributed by atoms with E-state index >= 15 is 0 Å². The smallest absolute Gasteiger partial charge is 0.294 e. The van der Waals surface area contributed by atoms with Crippen LogP contribution in [0.25, 0.3) is 0 Å². The van der Waals surface area contributed by atoms with Crippen molar-refractivity contribution in [2.24, 2.45) is 5.92 Å². The van der Waals surface area contributed by atoms with E-state index in [0.29, 0.717) is 6.54 Å². The number of hydrogen-bond donors (Lipinski definition) is 0. The zero-order chi connectivity index (χ0) is 10.8. The van der Waals surface area contributed by atoms with Crippen molar-refractivity contribution in [3.8, 4) is 0 Å². The van der Waals surface area contributed by atoms with Crippen molar-refractivity contribution in [1.29, 1.82) is 0 Å². The van der Waals surface area contributed by atoms with Crippen LogP contribution in [0.2, 0.25) is 0 Å². The zero-order valence-electron chi connectivity index (χ0n) is 8.64. The summed E-state index contributed by atoms with van der Waals surface area (Å²) in [5.74, 6) is -0.775. The van der Waals surface area contributed by atoms with Crippen LogP contribution < -0.4 is 4.90 Å². The molecule has 3 heteroatoms. The Morgan fingerprint density at radius 1 is 1.20 bits per heavy atom. The van der Waals surface area contributed by atoms with Crippen LogP contribution in [-0.4, -0.2) is 18.2 Å². The Balaban J connectivity index is 2.25. The highest BCUT2D eigenvalue weighted by molar-refractivity contribution is 6.42. The highest BCUT2D eigenvalue weighted by Crippen LogP contribution is 2.21. The fraction of sp³-hybridized carbons (Fsp3) is 0.333. The quantitative estimate of drug-likeness (QED) is 0.650. The van der Waals surface area contributed by atoms with Crippen LogP contribution in [-0.2, 0) is 9.59 Å². The van der Waals surface area contributed by atoms with Crippen molar-refractivity contribution in [3.05, 3.63) is 30.3 Å². The third-order valence-electron chi connectivity index (χ3n) is 2.76. The van der Waals surface area contributed by atoms with E-state index < -0.39 is 0 Å². The average molecular weight is 203 g/mol. The minimum Gasteiger partial charge on any atom is -0.306 e. The number of amides is 1. The lowest BCUT2D eigenvalue weighted by Gasteiger charge is -2.28. The van der Waals surface area contributed by atoms with E-state index in [2.05, 4.69) is 0 Å². The number of carbonyl (C=O) groups is 2. The van der Waals surface area contributed by atoms with Crippen molar-refractivity contribution < 1.29 is 9.59 Å². The van der Waals surface area contributed by atoms with Crippen LogP contribution in [0.1, 0.15) is 13.3 Å². The van der Waals surface area contributed by atoms with Crippen molar-refractivity contribution in [2.45, 2.75) is 13.3 Å². The van der Waals surface area contributed by atoms with E-state index in [0.717, 1.165) is 12.1 Å². The predicted octanol–water partition coefficient (Wildman–Crippen LogP) is 1.63. The standard InChI is InChI=1S/C12H13NO2/c1-9-7-8-13(12(15)11(9)14)10-5-3-2-4-6-10/h2-6,9H,7-8H2,1H3. The first-order valence-electron chi connectivity index (χ1n) is 5.11. The SMILES string of the molecule is CC1CCN(c2ccccc2)C(=O)C1=O. The Hall–Kier alpha value is -1.64. The Morgan fingerprint density at radius 2 is 1.87 bits per heavy atom. The minimum absolute atomic E-state index is 0.127. The number of hydrogen-bond acceptors (Lipinski definition) is 2. The van der Waals surface area contributed by atoms with E-state index in [-0.39, 0.29) is 17.6 Å². The molecular weight excluding hydrogens is 190 g/mol. The van der Waals surface area contributed by atoms with Gasteiger partial charge in [-0.1, -0.05) is 25.1 Å². The summed E-state index contributed by atoms with van der Waals surface area (Å²) in [7, 11) is 0. The summed E-state index contributed by atoms with van der Waals surface area (Å²) in [6, 6.07) is 9.32. The lowest BCUT2D eigenvalue weighted by atomic mass is 9.96. The molecule has 1 aromatic carbocycles. The molecule has 2 rings (SSSR count). The number of piperidine rings is 1. The fourth-order valence-electron chi connectivity index (χ4n) is 1.75. The second-order valence-corrected chi connectivity index (χ2v) is 3.85. The average Bonchev–Trinajstić information content (AvgIpc) is 2.27. The molecule has 0 bridgehead atoms. The van der Waals surface area contributed by atoms with E-state index in [4.69, 9.17) is 0 Å². The molecule has 1 aliphatic rings. The van der Waals surface area contributed by atoms with Gasteiger partial charge in [0.2, 0.25) is 5.78 Å². The van der Waals surface area contributed by atoms with Gasteiger partial charge >= 0.3 is 0 Å². The first-order valence-corrected chi connectivity index (χ1v) is 5.11. The predicted molar refractivity (Wildman–Crippen MR) is 57.6 cm³/mol. The zero-order valence-corrected chi connectivity index (χ0v) is 8.64. The van der Waals surface area contributed by atoms with Crippen LogP contribution >= 0.6 is 0 Å². The third kappa shape index (κ3) is 1.77. The molecule has 0 saturated carbocycles. The summed E-state index contributed by atoms with van der Waals surface area (Å²) in [5, 5.41) is 0. The fourth-order valence-corrected chi connectivity index (χ4v) is 1.75. The normalized spacial score (nSPS) is 21.9. The number of anilines is 1. The van der Waals surface area contributed by atoms with Gasteiger partial charge in [-0.2, -0.15) is 0 Å². The molecule has 0 radical (unpaired) electrons. The van der Waals surface area contributed by atoms with Gasteiger partial charge in [0.15, 0.2) is 0 Å². The lowest BCUT2D eigenvalue weighted by molar-refractivity contribution is -0.139. The van der Waals surface area contributed by atoms with E-state index in [1.165, 1.54) is 0 Å². The van der Waals surface area contributed by atoms with E-state index in [1.807, 2.05) is 37.3 Å². The van der Waals surface area contributed by atoms with E-state index in [9.17, 15) is 9.59 Å². The van der Waals surface area contributed by atoms with Crippen LogP contribution in [0, 0.1) is 5.92 Å². The largest absolute Gasteiger partial charge is 0.306 e. The van der Waals surface area contributed by atoms with Crippen molar-refractivity contribution in [1.82, 2.24) is 0 Å². The van der Waals surface area contributed by atoms with Gasteiger partial charge in [0, 0.05) is 18.2 Å². The van der Waals surface area contributed by atoms with Crippen molar-refractivity contribution >= 4 is 17.4 Å². The molecule has 1 fully saturated rings. The van der Waals surface area contributed by atoms with Crippen LogP contribution in [0.3, 0.4) is 0 Å². The molecule has 1 amide bonds. The van der Waals surface area contributed by atoms with Crippen LogP contribution in [0.5, 0.6) is 0 Å². The van der Waals surface area contributed by atoms with Gasteiger partial charge in [0.1, 0.15) is 0 Å². The maximum absolute atomic E-state index is 11.7. The molecule has 15 heavy (non-hydrogen) atoms. The highest BCUT2D eigenvalue weighted by atomic mass is 16.2. The molecule has 0 aromatic heterocycles. The molecule has 0 spiro atoms. The molecule has 78 valence electrons. The summed E-state index contributed by atoms with van der Waals surface area (Å²) >= 11 is 0. The van der Waals surface area contributed by atoms with Gasteiger partial charge in [-0.3, -0.25) is 9.59 Å². The highest BCUT2D eigenvalue weighted by Gasteiger charge is 2.32. The summed E-state index contributed by atoms with van der Waals surface area (Å²) < 4.78 is 0. The molecule has 1 unspecified atom stereocenters. The first-order chi connectivity index (χ1) is 7.20. The van der Waals surface area contributed by atoms with Gasteiger partial charge in [0.25, 0.3) is 5.91 Å². The number of Topliss-reactive ketones (excluding diaryl/α,β-unsaturated/α-hetero) is 1. The Bertz CT molecular complexity index is 386. The van der Waals surface area contributed by atoms with E-state index in [1.54, 1.807) is 4.90 Å². The molecular formula is C12H13NO2. The Kier molecular flexibility index (Phi) is 2.54. The monoisotopic (exact) mass is 203 g/mol. The van der Waals surface area contributed by atoms with Gasteiger partial charge < -0.3 is 4.90 Å². The van der Waals surface area contributed by atoms with Gasteiger partial charge in [-0.05, 0) is 18.6 Å². The summed E-state index contributed by atoms with van der Waals surface area (Å²) in [6.45, 7) is 2.44. The summed E-state index contributed by atoms with van der Waals surface area (Å²) in [6.07, 6.45) is 0.749. The number of ketones is 1. The van der Waals surface area contributed by atoms with Gasteiger partial charge in [-0.25, -0.2) is 0 Å². The Labute approximate surface area is 88.7 Å².